The minimum absolute atomic E-state index is 1.05. The average molecular weight is 299 g/mol. The fourth-order valence-electron chi connectivity index (χ4n) is 1.78. The number of nitrogens with one attached hydrogen (secondary N) is 1. The predicted octanol–water partition coefficient (Wildman–Crippen LogP) is 3.17. The molecule has 1 aliphatic rings. The van der Waals surface area contributed by atoms with Gasteiger partial charge in [0.25, 0.3) is 0 Å². The van der Waals surface area contributed by atoms with Crippen molar-refractivity contribution in [2.45, 2.75) is 60.4 Å². The van der Waals surface area contributed by atoms with Crippen molar-refractivity contribution < 1.29 is 9.59 Å². The molecule has 2 rings (SSSR count). The van der Waals surface area contributed by atoms with Gasteiger partial charge in [-0.2, -0.15) is 5.10 Å². The third-order valence-corrected chi connectivity index (χ3v) is 2.54. The summed E-state index contributed by atoms with van der Waals surface area (Å²) in [6, 6.07) is 0. The minimum atomic E-state index is 1.05. The third kappa shape index (κ3) is 10.9. The van der Waals surface area contributed by atoms with Crippen LogP contribution >= 0.6 is 0 Å². The van der Waals surface area contributed by atoms with E-state index in [-0.39, 0.29) is 0 Å². The van der Waals surface area contributed by atoms with Crippen LogP contribution in [0.1, 0.15) is 57.5 Å². The minimum Gasteiger partial charge on any atom is -0.307 e. The van der Waals surface area contributed by atoms with Crippen LogP contribution in [0.5, 0.6) is 0 Å². The van der Waals surface area contributed by atoms with Gasteiger partial charge in [0.15, 0.2) is 0 Å². The van der Waals surface area contributed by atoms with Crippen LogP contribution in [0.15, 0.2) is 0 Å². The highest BCUT2D eigenvalue weighted by Gasteiger charge is 2.15. The van der Waals surface area contributed by atoms with Gasteiger partial charge in [0.05, 0.1) is 5.69 Å². The van der Waals surface area contributed by atoms with Gasteiger partial charge in [-0.1, -0.05) is 34.1 Å². The molecule has 0 unspecified atom stereocenters. The van der Waals surface area contributed by atoms with Gasteiger partial charge in [-0.05, 0) is 33.4 Å². The van der Waals surface area contributed by atoms with E-state index in [1.165, 1.54) is 36.3 Å². The molecule has 0 aromatic carbocycles. The summed E-state index contributed by atoms with van der Waals surface area (Å²) in [5, 5.41) is 7.35. The number of aryl methyl sites for hydroxylation is 2. The molecule has 0 saturated carbocycles. The van der Waals surface area contributed by atoms with Crippen molar-refractivity contribution in [2.24, 2.45) is 0 Å². The van der Waals surface area contributed by atoms with Crippen molar-refractivity contribution in [1.82, 2.24) is 15.1 Å². The van der Waals surface area contributed by atoms with Gasteiger partial charge in [-0.3, -0.25) is 5.10 Å². The van der Waals surface area contributed by atoms with Crippen LogP contribution in [0.4, 0.5) is 0 Å². The number of fused-ring (bicyclic) bond motifs is 1. The van der Waals surface area contributed by atoms with Gasteiger partial charge in [-0.25, -0.2) is 0 Å². The van der Waals surface area contributed by atoms with Crippen molar-refractivity contribution in [2.75, 3.05) is 13.6 Å². The van der Waals surface area contributed by atoms with Crippen LogP contribution in [0.3, 0.4) is 0 Å². The molecule has 1 N–H and O–H groups in total. The van der Waals surface area contributed by atoms with E-state index in [4.69, 9.17) is 9.59 Å². The second kappa shape index (κ2) is 18.5. The Labute approximate surface area is 130 Å². The number of hydrogen-bond donors (Lipinski definition) is 1. The van der Waals surface area contributed by atoms with Gasteiger partial charge >= 0.3 is 0 Å². The van der Waals surface area contributed by atoms with Gasteiger partial charge in [-0.15, -0.1) is 0 Å². The van der Waals surface area contributed by atoms with E-state index >= 15 is 0 Å². The summed E-state index contributed by atoms with van der Waals surface area (Å²) in [4.78, 5) is 18.4. The number of carbonyl (C=O) groups is 2. The number of rotatable bonds is 0. The molecule has 5 nitrogen and oxygen atoms in total. The first-order valence-corrected chi connectivity index (χ1v) is 7.48. The zero-order valence-electron chi connectivity index (χ0n) is 14.7. The lowest BCUT2D eigenvalue weighted by Crippen LogP contribution is -2.17. The number of nitrogens with zero attached hydrogens (tertiary/aromatic N) is 2. The zero-order valence-corrected chi connectivity index (χ0v) is 14.7. The quantitative estimate of drug-likeness (QED) is 0.799. The maximum atomic E-state index is 8.00. The fraction of sp³-hybridized carbons (Fsp3) is 0.688. The third-order valence-electron chi connectivity index (χ3n) is 2.54. The molecule has 0 aliphatic carbocycles. The maximum absolute atomic E-state index is 8.00. The summed E-state index contributed by atoms with van der Waals surface area (Å²) in [5.41, 5.74) is 3.92. The number of aromatic nitrogens is 2. The molecular formula is C16H33N3O2. The Balaban J connectivity index is -0.000000308. The van der Waals surface area contributed by atoms with E-state index in [0.29, 0.717) is 0 Å². The predicted molar refractivity (Wildman–Crippen MR) is 89.5 cm³/mol. The summed E-state index contributed by atoms with van der Waals surface area (Å²) in [6.45, 7) is 16.6. The Morgan fingerprint density at radius 3 is 2.14 bits per heavy atom. The molecule has 1 aromatic heterocycles. The molecule has 0 spiro atoms. The fourth-order valence-corrected chi connectivity index (χ4v) is 1.78. The number of carbonyl (C=O) groups excluding carboxylic acids is 2. The van der Waals surface area contributed by atoms with Crippen molar-refractivity contribution in [3.63, 3.8) is 0 Å². The van der Waals surface area contributed by atoms with Crippen molar-refractivity contribution in [3.05, 3.63) is 17.0 Å². The lowest BCUT2D eigenvalue weighted by atomic mass is 10.1. The Hall–Kier alpha value is -1.49. The summed E-state index contributed by atoms with van der Waals surface area (Å²) >= 11 is 0. The molecule has 0 saturated heterocycles. The van der Waals surface area contributed by atoms with Gasteiger partial charge < -0.3 is 14.5 Å². The van der Waals surface area contributed by atoms with Crippen LogP contribution in [0.25, 0.3) is 0 Å². The molecule has 2 heterocycles. The Morgan fingerprint density at radius 2 is 1.67 bits per heavy atom. The molecular weight excluding hydrogens is 266 g/mol. The zero-order chi connectivity index (χ0) is 17.3. The molecule has 1 aromatic rings. The van der Waals surface area contributed by atoms with Crippen molar-refractivity contribution in [3.8, 4) is 0 Å². The van der Waals surface area contributed by atoms with Gasteiger partial charge in [0.1, 0.15) is 13.6 Å². The van der Waals surface area contributed by atoms with Crippen molar-refractivity contribution >= 4 is 13.6 Å². The van der Waals surface area contributed by atoms with Crippen molar-refractivity contribution in [1.29, 1.82) is 0 Å². The van der Waals surface area contributed by atoms with E-state index in [2.05, 4.69) is 42.9 Å². The second-order valence-corrected chi connectivity index (χ2v) is 4.32. The lowest BCUT2D eigenvalue weighted by Gasteiger charge is -2.12. The number of hydrogen-bond acceptors (Lipinski definition) is 4. The summed E-state index contributed by atoms with van der Waals surface area (Å²) in [7, 11) is 2.17. The van der Waals surface area contributed by atoms with Crippen LogP contribution in [-0.2, 0) is 22.6 Å². The van der Waals surface area contributed by atoms with E-state index in [9.17, 15) is 0 Å². The van der Waals surface area contributed by atoms with E-state index in [1.54, 1.807) is 0 Å². The van der Waals surface area contributed by atoms with E-state index in [1.807, 2.05) is 27.4 Å². The molecule has 0 radical (unpaired) electrons. The topological polar surface area (TPSA) is 66.1 Å². The highest BCUT2D eigenvalue weighted by atomic mass is 16.1. The first-order chi connectivity index (χ1) is 10.2. The molecule has 21 heavy (non-hydrogen) atoms. The molecule has 0 bridgehead atoms. The lowest BCUT2D eigenvalue weighted by molar-refractivity contribution is -0.0987. The van der Waals surface area contributed by atoms with Crippen LogP contribution in [-0.4, -0.2) is 42.3 Å². The highest BCUT2D eigenvalue weighted by molar-refractivity contribution is 5.25. The summed E-state index contributed by atoms with van der Waals surface area (Å²) in [6.07, 6.45) is 3.61. The molecule has 0 fully saturated rings. The standard InChI is InChI=1S/C9H15N3.C3H8.C2H6.2CH2O/c1-7-8-6-12(2)5-3-4-9(8)11-10-7;1-3-2;3*1-2/h3-6H2,1-2H3,(H,10,11);3H2,1-2H3;1-2H3;2*1H2. The second-order valence-electron chi connectivity index (χ2n) is 4.32. The van der Waals surface area contributed by atoms with Crippen LogP contribution in [0, 0.1) is 6.92 Å². The SMILES string of the molecule is C=O.C=O.CC.CCC.Cc1[nH]nc2c1CN(C)CCC2. The van der Waals surface area contributed by atoms with Gasteiger partial charge in [0.2, 0.25) is 0 Å². The first-order valence-electron chi connectivity index (χ1n) is 7.48. The molecule has 0 amide bonds. The largest absolute Gasteiger partial charge is 0.307 e. The normalized spacial score (nSPS) is 12.3. The Morgan fingerprint density at radius 1 is 1.19 bits per heavy atom. The smallest absolute Gasteiger partial charge is 0.106 e. The van der Waals surface area contributed by atoms with E-state index in [0.717, 1.165) is 13.0 Å². The maximum Gasteiger partial charge on any atom is 0.106 e. The molecule has 1 aliphatic heterocycles. The average Bonchev–Trinajstić information content (AvgIpc) is 2.77. The molecule has 5 heteroatoms. The van der Waals surface area contributed by atoms with Gasteiger partial charge in [0, 0.05) is 17.8 Å². The van der Waals surface area contributed by atoms with Crippen LogP contribution in [0.2, 0.25) is 0 Å². The summed E-state index contributed by atoms with van der Waals surface area (Å²) < 4.78 is 0. The Kier molecular flexibility index (Phi) is 21.6. The first kappa shape index (κ1) is 24.5. The monoisotopic (exact) mass is 299 g/mol. The van der Waals surface area contributed by atoms with E-state index < -0.39 is 0 Å². The molecule has 0 atom stereocenters. The number of aromatic amines is 1. The van der Waals surface area contributed by atoms with Crippen LogP contribution < -0.4 is 0 Å². The summed E-state index contributed by atoms with van der Waals surface area (Å²) in [5.74, 6) is 0. The molecule has 124 valence electrons. The highest BCUT2D eigenvalue weighted by Crippen LogP contribution is 2.17. The number of H-pyrrole nitrogens is 1. The Bertz CT molecular complexity index is 325.